The predicted molar refractivity (Wildman–Crippen MR) is 78.6 cm³/mol. The Bertz CT molecular complexity index is 569. The molecule has 1 N–H and O–H groups in total. The molecule has 2 heterocycles. The first-order valence-corrected chi connectivity index (χ1v) is 7.99. The third-order valence-corrected chi connectivity index (χ3v) is 5.54. The first-order chi connectivity index (χ1) is 9.42. The molecule has 0 spiro atoms. The molecule has 0 aromatic carbocycles. The lowest BCUT2D eigenvalue weighted by Crippen LogP contribution is -2.69. The monoisotopic (exact) mass is 312 g/mol. The fraction of sp³-hybridized carbons (Fsp3) is 0.571. The van der Waals surface area contributed by atoms with E-state index in [9.17, 15) is 9.59 Å². The molecular formula is C14H17ClN2O2S. The number of amides is 2. The van der Waals surface area contributed by atoms with Crippen molar-refractivity contribution >= 4 is 34.8 Å². The van der Waals surface area contributed by atoms with Crippen LogP contribution in [0.1, 0.15) is 31.6 Å². The summed E-state index contributed by atoms with van der Waals surface area (Å²) in [6, 6.07) is 3.29. The number of thiophene rings is 1. The van der Waals surface area contributed by atoms with Crippen molar-refractivity contribution in [1.29, 1.82) is 0 Å². The number of nitrogens with zero attached hydrogens (tertiary/aromatic N) is 1. The second-order valence-corrected chi connectivity index (χ2v) is 7.55. The molecule has 20 heavy (non-hydrogen) atoms. The summed E-state index contributed by atoms with van der Waals surface area (Å²) in [5, 5.41) is 2.81. The van der Waals surface area contributed by atoms with Crippen LogP contribution in [0.3, 0.4) is 0 Å². The average Bonchev–Trinajstić information content (AvgIpc) is 3.17. The van der Waals surface area contributed by atoms with Crippen molar-refractivity contribution in [3.8, 4) is 0 Å². The van der Waals surface area contributed by atoms with Crippen LogP contribution in [0.4, 0.5) is 0 Å². The molecule has 6 heteroatoms. The van der Waals surface area contributed by atoms with E-state index in [0.717, 1.165) is 17.7 Å². The van der Waals surface area contributed by atoms with E-state index in [1.54, 1.807) is 11.8 Å². The third kappa shape index (κ3) is 2.13. The maximum atomic E-state index is 12.5. The minimum absolute atomic E-state index is 0.0106. The van der Waals surface area contributed by atoms with E-state index < -0.39 is 11.6 Å². The number of hydrogen-bond donors (Lipinski definition) is 1. The normalized spacial score (nSPS) is 30.6. The van der Waals surface area contributed by atoms with Crippen molar-refractivity contribution < 1.29 is 9.59 Å². The highest BCUT2D eigenvalue weighted by Gasteiger charge is 2.56. The number of rotatable bonds is 3. The Hall–Kier alpha value is -1.07. The highest BCUT2D eigenvalue weighted by atomic mass is 35.5. The lowest BCUT2D eigenvalue weighted by molar-refractivity contribution is -0.158. The van der Waals surface area contributed by atoms with Gasteiger partial charge in [-0.05, 0) is 44.7 Å². The van der Waals surface area contributed by atoms with Crippen LogP contribution >= 0.6 is 22.9 Å². The zero-order valence-corrected chi connectivity index (χ0v) is 13.1. The first-order valence-electron chi connectivity index (χ1n) is 6.79. The maximum absolute atomic E-state index is 12.5. The van der Waals surface area contributed by atoms with Gasteiger partial charge in [-0.3, -0.25) is 9.59 Å². The van der Waals surface area contributed by atoms with Crippen LogP contribution in [0.15, 0.2) is 12.1 Å². The van der Waals surface area contributed by atoms with Crippen molar-refractivity contribution in [2.75, 3.05) is 0 Å². The zero-order valence-electron chi connectivity index (χ0n) is 11.5. The number of halogens is 1. The van der Waals surface area contributed by atoms with Crippen molar-refractivity contribution in [3.63, 3.8) is 0 Å². The molecule has 1 aliphatic carbocycles. The Kier molecular flexibility index (Phi) is 3.29. The van der Waals surface area contributed by atoms with Gasteiger partial charge in [0.25, 0.3) is 0 Å². The summed E-state index contributed by atoms with van der Waals surface area (Å²) in [4.78, 5) is 27.7. The van der Waals surface area contributed by atoms with Gasteiger partial charge in [0.15, 0.2) is 0 Å². The molecule has 3 rings (SSSR count). The van der Waals surface area contributed by atoms with Crippen LogP contribution in [0, 0.1) is 5.92 Å². The summed E-state index contributed by atoms with van der Waals surface area (Å²) in [6.07, 6.45) is 2.01. The largest absolute Gasteiger partial charge is 0.343 e. The molecule has 1 aromatic heterocycles. The number of piperazine rings is 1. The topological polar surface area (TPSA) is 49.4 Å². The molecular weight excluding hydrogens is 296 g/mol. The van der Waals surface area contributed by atoms with E-state index in [4.69, 9.17) is 11.6 Å². The fourth-order valence-corrected chi connectivity index (χ4v) is 3.95. The molecule has 1 saturated heterocycles. The van der Waals surface area contributed by atoms with Crippen LogP contribution in [-0.4, -0.2) is 28.3 Å². The molecule has 2 amide bonds. The van der Waals surface area contributed by atoms with Crippen molar-refractivity contribution in [1.82, 2.24) is 10.2 Å². The minimum Gasteiger partial charge on any atom is -0.343 e. The van der Waals surface area contributed by atoms with Gasteiger partial charge in [0.2, 0.25) is 11.8 Å². The molecule has 2 fully saturated rings. The number of nitrogens with one attached hydrogen (secondary N) is 1. The van der Waals surface area contributed by atoms with Gasteiger partial charge in [-0.2, -0.15) is 0 Å². The molecule has 1 saturated carbocycles. The number of carbonyl (C=O) groups is 2. The molecule has 1 aromatic rings. The van der Waals surface area contributed by atoms with E-state index in [0.29, 0.717) is 10.9 Å². The SMILES string of the molecule is CC1NC(=O)C(C)(C2CC2)N(Cc2ccc(Cl)s2)C1=O. The maximum Gasteiger partial charge on any atom is 0.246 e. The summed E-state index contributed by atoms with van der Waals surface area (Å²) < 4.78 is 0.704. The summed E-state index contributed by atoms with van der Waals surface area (Å²) >= 11 is 7.41. The number of hydrogen-bond acceptors (Lipinski definition) is 3. The van der Waals surface area contributed by atoms with Crippen molar-refractivity contribution in [2.45, 2.75) is 44.8 Å². The van der Waals surface area contributed by atoms with Crippen LogP contribution in [-0.2, 0) is 16.1 Å². The van der Waals surface area contributed by atoms with Gasteiger partial charge in [0.1, 0.15) is 11.6 Å². The van der Waals surface area contributed by atoms with Gasteiger partial charge >= 0.3 is 0 Å². The summed E-state index contributed by atoms with van der Waals surface area (Å²) in [6.45, 7) is 4.08. The van der Waals surface area contributed by atoms with E-state index in [1.807, 2.05) is 19.1 Å². The second-order valence-electron chi connectivity index (χ2n) is 5.75. The number of carbonyl (C=O) groups excluding carboxylic acids is 2. The molecule has 2 unspecified atom stereocenters. The molecule has 0 radical (unpaired) electrons. The van der Waals surface area contributed by atoms with E-state index >= 15 is 0 Å². The van der Waals surface area contributed by atoms with Crippen LogP contribution in [0.2, 0.25) is 4.34 Å². The lowest BCUT2D eigenvalue weighted by Gasteiger charge is -2.46. The summed E-state index contributed by atoms with van der Waals surface area (Å²) in [7, 11) is 0. The minimum atomic E-state index is -0.722. The smallest absolute Gasteiger partial charge is 0.246 e. The Balaban J connectivity index is 1.93. The average molecular weight is 313 g/mol. The Morgan fingerprint density at radius 1 is 1.45 bits per heavy atom. The molecule has 1 aliphatic heterocycles. The molecule has 2 atom stereocenters. The van der Waals surface area contributed by atoms with Crippen LogP contribution < -0.4 is 5.32 Å². The molecule has 108 valence electrons. The third-order valence-electron chi connectivity index (χ3n) is 4.32. The summed E-state index contributed by atoms with van der Waals surface area (Å²) in [5.74, 6) is 0.229. The van der Waals surface area contributed by atoms with Crippen LogP contribution in [0.5, 0.6) is 0 Å². The molecule has 0 bridgehead atoms. The van der Waals surface area contributed by atoms with Gasteiger partial charge in [-0.25, -0.2) is 0 Å². The Morgan fingerprint density at radius 3 is 2.70 bits per heavy atom. The van der Waals surface area contributed by atoms with Crippen molar-refractivity contribution in [3.05, 3.63) is 21.3 Å². The highest BCUT2D eigenvalue weighted by Crippen LogP contribution is 2.45. The van der Waals surface area contributed by atoms with E-state index in [-0.39, 0.29) is 17.7 Å². The van der Waals surface area contributed by atoms with E-state index in [1.165, 1.54) is 11.3 Å². The second kappa shape index (κ2) is 4.74. The highest BCUT2D eigenvalue weighted by molar-refractivity contribution is 7.16. The quantitative estimate of drug-likeness (QED) is 0.932. The van der Waals surface area contributed by atoms with Gasteiger partial charge in [0.05, 0.1) is 10.9 Å². The van der Waals surface area contributed by atoms with Gasteiger partial charge in [-0.1, -0.05) is 11.6 Å². The first kappa shape index (κ1) is 13.9. The van der Waals surface area contributed by atoms with Gasteiger partial charge < -0.3 is 10.2 Å². The standard InChI is InChI=1S/C14H17ClN2O2S/c1-8-12(18)17(7-10-5-6-11(15)20-10)14(2,9-3-4-9)13(19)16-8/h5-6,8-9H,3-4,7H2,1-2H3,(H,16,19). The van der Waals surface area contributed by atoms with E-state index in [2.05, 4.69) is 5.32 Å². The summed E-state index contributed by atoms with van der Waals surface area (Å²) in [5.41, 5.74) is -0.722. The van der Waals surface area contributed by atoms with Crippen molar-refractivity contribution in [2.24, 2.45) is 5.92 Å². The Morgan fingerprint density at radius 2 is 2.15 bits per heavy atom. The zero-order chi connectivity index (χ0) is 14.5. The van der Waals surface area contributed by atoms with Crippen LogP contribution in [0.25, 0.3) is 0 Å². The predicted octanol–water partition coefficient (Wildman–Crippen LogP) is 2.42. The fourth-order valence-electron chi connectivity index (χ4n) is 2.88. The van der Waals surface area contributed by atoms with Gasteiger partial charge in [-0.15, -0.1) is 11.3 Å². The van der Waals surface area contributed by atoms with Gasteiger partial charge in [0, 0.05) is 4.88 Å². The lowest BCUT2D eigenvalue weighted by atomic mass is 9.88. The Labute approximate surface area is 127 Å². The molecule has 4 nitrogen and oxygen atoms in total. The molecule has 2 aliphatic rings.